The van der Waals surface area contributed by atoms with Crippen LogP contribution in [0.3, 0.4) is 0 Å². The average Bonchev–Trinajstić information content (AvgIpc) is 2.65. The summed E-state index contributed by atoms with van der Waals surface area (Å²) in [5, 5.41) is 0.420. The van der Waals surface area contributed by atoms with Crippen molar-refractivity contribution in [1.29, 1.82) is 0 Å². The molecule has 1 saturated heterocycles. The molecular formula is C24H35ClN2O4. The Hall–Kier alpha value is -1.95. The Morgan fingerprint density at radius 1 is 1.13 bits per heavy atom. The molecule has 0 unspecified atom stereocenters. The molecule has 0 spiro atoms. The third-order valence-corrected chi connectivity index (χ3v) is 6.32. The van der Waals surface area contributed by atoms with Gasteiger partial charge in [0, 0.05) is 27.2 Å². The number of rotatable bonds is 5. The zero-order valence-electron chi connectivity index (χ0n) is 19.3. The van der Waals surface area contributed by atoms with Crippen molar-refractivity contribution in [3.63, 3.8) is 0 Å². The van der Waals surface area contributed by atoms with Crippen molar-refractivity contribution in [2.45, 2.75) is 64.6 Å². The SMILES string of the molecule is CN(C)C(=O)c1ccc(O[C@H]2C[C@@H](CC3CCN(C(=O)OC(C)(C)C)CC3)C2)cc1Cl. The van der Waals surface area contributed by atoms with Gasteiger partial charge in [-0.15, -0.1) is 0 Å². The molecule has 2 amide bonds. The van der Waals surface area contributed by atoms with Gasteiger partial charge in [-0.25, -0.2) is 4.79 Å². The molecule has 0 radical (unpaired) electrons. The minimum atomic E-state index is -0.443. The van der Waals surface area contributed by atoms with E-state index in [1.165, 1.54) is 11.3 Å². The van der Waals surface area contributed by atoms with Gasteiger partial charge in [0.05, 0.1) is 16.7 Å². The van der Waals surface area contributed by atoms with Gasteiger partial charge in [-0.2, -0.15) is 0 Å². The van der Waals surface area contributed by atoms with E-state index in [1.807, 2.05) is 31.7 Å². The summed E-state index contributed by atoms with van der Waals surface area (Å²) in [6.07, 6.45) is 5.37. The van der Waals surface area contributed by atoms with Crippen LogP contribution in [0.2, 0.25) is 5.02 Å². The van der Waals surface area contributed by atoms with E-state index in [2.05, 4.69) is 0 Å². The zero-order chi connectivity index (χ0) is 22.8. The van der Waals surface area contributed by atoms with Gasteiger partial charge in [0.25, 0.3) is 5.91 Å². The minimum Gasteiger partial charge on any atom is -0.490 e. The normalized spacial score (nSPS) is 21.9. The first kappa shape index (κ1) is 23.7. The van der Waals surface area contributed by atoms with Gasteiger partial charge in [-0.1, -0.05) is 11.6 Å². The van der Waals surface area contributed by atoms with E-state index in [4.69, 9.17) is 21.1 Å². The lowest BCUT2D eigenvalue weighted by Gasteiger charge is -2.39. The molecule has 0 N–H and O–H groups in total. The summed E-state index contributed by atoms with van der Waals surface area (Å²) in [6, 6.07) is 5.29. The lowest BCUT2D eigenvalue weighted by atomic mass is 9.74. The molecule has 1 aliphatic heterocycles. The lowest BCUT2D eigenvalue weighted by molar-refractivity contribution is 0.0134. The monoisotopic (exact) mass is 450 g/mol. The van der Waals surface area contributed by atoms with Gasteiger partial charge in [0.15, 0.2) is 0 Å². The fourth-order valence-corrected chi connectivity index (χ4v) is 4.54. The third kappa shape index (κ3) is 6.52. The molecule has 1 aliphatic carbocycles. The second-order valence-corrected chi connectivity index (χ2v) is 10.5. The third-order valence-electron chi connectivity index (χ3n) is 6.01. The number of nitrogens with zero attached hydrogens (tertiary/aromatic N) is 2. The van der Waals surface area contributed by atoms with Crippen LogP contribution in [0.5, 0.6) is 5.75 Å². The second kappa shape index (κ2) is 9.68. The maximum absolute atomic E-state index is 12.2. The maximum Gasteiger partial charge on any atom is 0.410 e. The van der Waals surface area contributed by atoms with Crippen molar-refractivity contribution < 1.29 is 19.1 Å². The van der Waals surface area contributed by atoms with Crippen LogP contribution in [0.15, 0.2) is 18.2 Å². The van der Waals surface area contributed by atoms with Crippen LogP contribution in [0.25, 0.3) is 0 Å². The van der Waals surface area contributed by atoms with Crippen LogP contribution in [-0.4, -0.2) is 60.7 Å². The van der Waals surface area contributed by atoms with E-state index >= 15 is 0 Å². The Labute approximate surface area is 190 Å². The number of carbonyl (C=O) groups excluding carboxylic acids is 2. The molecule has 6 nitrogen and oxygen atoms in total. The Morgan fingerprint density at radius 2 is 1.77 bits per heavy atom. The molecule has 1 aromatic carbocycles. The Morgan fingerprint density at radius 3 is 2.32 bits per heavy atom. The summed E-state index contributed by atoms with van der Waals surface area (Å²) in [4.78, 5) is 27.6. The predicted molar refractivity (Wildman–Crippen MR) is 122 cm³/mol. The highest BCUT2D eigenvalue weighted by Crippen LogP contribution is 2.38. The highest BCUT2D eigenvalue weighted by atomic mass is 35.5. The number of hydrogen-bond donors (Lipinski definition) is 0. The summed E-state index contributed by atoms with van der Waals surface area (Å²) in [6.45, 7) is 7.26. The molecule has 1 heterocycles. The second-order valence-electron chi connectivity index (χ2n) is 10.1. The fourth-order valence-electron chi connectivity index (χ4n) is 4.29. The van der Waals surface area contributed by atoms with Crippen LogP contribution in [0, 0.1) is 11.8 Å². The minimum absolute atomic E-state index is 0.113. The van der Waals surface area contributed by atoms with Crippen LogP contribution >= 0.6 is 11.6 Å². The number of carbonyl (C=O) groups is 2. The first-order valence-corrected chi connectivity index (χ1v) is 11.6. The van der Waals surface area contributed by atoms with Crippen LogP contribution in [0.1, 0.15) is 63.2 Å². The average molecular weight is 451 g/mol. The Balaban J connectivity index is 1.38. The van der Waals surface area contributed by atoms with Crippen molar-refractivity contribution in [1.82, 2.24) is 9.80 Å². The summed E-state index contributed by atoms with van der Waals surface area (Å²) in [5.74, 6) is 1.94. The molecule has 3 rings (SSSR count). The molecule has 0 atom stereocenters. The van der Waals surface area contributed by atoms with Gasteiger partial charge in [-0.05, 0) is 82.9 Å². The van der Waals surface area contributed by atoms with Crippen molar-refractivity contribution in [3.8, 4) is 5.75 Å². The lowest BCUT2D eigenvalue weighted by Crippen LogP contribution is -2.42. The van der Waals surface area contributed by atoms with Crippen molar-refractivity contribution in [3.05, 3.63) is 28.8 Å². The number of benzene rings is 1. The largest absolute Gasteiger partial charge is 0.490 e. The molecular weight excluding hydrogens is 416 g/mol. The molecule has 0 aromatic heterocycles. The number of ether oxygens (including phenoxy) is 2. The van der Waals surface area contributed by atoms with Gasteiger partial charge >= 0.3 is 6.09 Å². The van der Waals surface area contributed by atoms with Crippen molar-refractivity contribution in [2.24, 2.45) is 11.8 Å². The summed E-state index contributed by atoms with van der Waals surface area (Å²) in [5.41, 5.74) is 0.0459. The highest BCUT2D eigenvalue weighted by Gasteiger charge is 2.34. The van der Waals surface area contributed by atoms with Gasteiger partial charge in [-0.3, -0.25) is 4.79 Å². The van der Waals surface area contributed by atoms with E-state index < -0.39 is 5.60 Å². The standard InChI is InChI=1S/C24H35ClN2O4/c1-24(2,3)31-23(29)27-10-8-16(9-11-27)12-17-13-19(14-17)30-18-6-7-20(21(25)15-18)22(28)26(4)5/h6-7,15-17,19H,8-14H2,1-5H3/t17-,19+. The first-order valence-electron chi connectivity index (χ1n) is 11.2. The van der Waals surface area contributed by atoms with Gasteiger partial charge in [0.1, 0.15) is 11.4 Å². The smallest absolute Gasteiger partial charge is 0.410 e. The number of halogens is 1. The van der Waals surface area contributed by atoms with Crippen LogP contribution in [-0.2, 0) is 4.74 Å². The van der Waals surface area contributed by atoms with E-state index in [0.717, 1.165) is 44.5 Å². The summed E-state index contributed by atoms with van der Waals surface area (Å²) < 4.78 is 11.5. The van der Waals surface area contributed by atoms with Crippen LogP contribution < -0.4 is 4.74 Å². The zero-order valence-corrected chi connectivity index (χ0v) is 20.1. The number of piperidine rings is 1. The molecule has 2 aliphatic rings. The molecule has 1 aromatic rings. The first-order chi connectivity index (χ1) is 14.5. The topological polar surface area (TPSA) is 59.1 Å². The molecule has 0 bridgehead atoms. The van der Waals surface area contributed by atoms with Gasteiger partial charge < -0.3 is 19.3 Å². The predicted octanol–water partition coefficient (Wildman–Crippen LogP) is 5.24. The molecule has 31 heavy (non-hydrogen) atoms. The molecule has 172 valence electrons. The number of likely N-dealkylation sites (tertiary alicyclic amines) is 1. The van der Waals surface area contributed by atoms with Crippen molar-refractivity contribution in [2.75, 3.05) is 27.2 Å². The Kier molecular flexibility index (Phi) is 7.40. The fraction of sp³-hybridized carbons (Fsp3) is 0.667. The maximum atomic E-state index is 12.2. The quantitative estimate of drug-likeness (QED) is 0.615. The summed E-state index contributed by atoms with van der Waals surface area (Å²) >= 11 is 6.28. The van der Waals surface area contributed by atoms with E-state index in [0.29, 0.717) is 22.4 Å². The summed E-state index contributed by atoms with van der Waals surface area (Å²) in [7, 11) is 3.41. The molecule has 7 heteroatoms. The molecule has 1 saturated carbocycles. The van der Waals surface area contributed by atoms with Crippen molar-refractivity contribution >= 4 is 23.6 Å². The van der Waals surface area contributed by atoms with E-state index in [-0.39, 0.29) is 18.1 Å². The highest BCUT2D eigenvalue weighted by molar-refractivity contribution is 6.34. The van der Waals surface area contributed by atoms with Crippen LogP contribution in [0.4, 0.5) is 4.79 Å². The van der Waals surface area contributed by atoms with E-state index in [1.54, 1.807) is 26.2 Å². The Bertz CT molecular complexity index is 791. The molecule has 2 fully saturated rings. The number of amides is 2. The van der Waals surface area contributed by atoms with Gasteiger partial charge in [0.2, 0.25) is 0 Å². The number of hydrogen-bond acceptors (Lipinski definition) is 4. The van der Waals surface area contributed by atoms with E-state index in [9.17, 15) is 9.59 Å².